The van der Waals surface area contributed by atoms with Gasteiger partial charge in [0.2, 0.25) is 0 Å². The number of anilines is 1. The molecule has 0 radical (unpaired) electrons. The Balaban J connectivity index is 2.26. The SMILES string of the molecule is CC1(O)CN(c2ccncc2[N+](=O)[O-])C1. The summed E-state index contributed by atoms with van der Waals surface area (Å²) in [6.45, 7) is 2.53. The van der Waals surface area contributed by atoms with Crippen LogP contribution in [0.3, 0.4) is 0 Å². The highest BCUT2D eigenvalue weighted by Gasteiger charge is 2.39. The first-order valence-electron chi connectivity index (χ1n) is 4.55. The summed E-state index contributed by atoms with van der Waals surface area (Å²) in [7, 11) is 0. The van der Waals surface area contributed by atoms with Gasteiger partial charge in [-0.15, -0.1) is 0 Å². The smallest absolute Gasteiger partial charge is 0.310 e. The Hall–Kier alpha value is -1.69. The number of β-amino-alcohol motifs (C(OH)–C–C–N with tert-alkyl or cyclic N) is 1. The maximum absolute atomic E-state index is 10.7. The van der Waals surface area contributed by atoms with Gasteiger partial charge in [-0.25, -0.2) is 0 Å². The van der Waals surface area contributed by atoms with Crippen molar-refractivity contribution >= 4 is 11.4 Å². The van der Waals surface area contributed by atoms with Gasteiger partial charge < -0.3 is 10.0 Å². The van der Waals surface area contributed by atoms with Gasteiger partial charge in [0.1, 0.15) is 11.9 Å². The third-order valence-corrected chi connectivity index (χ3v) is 2.38. The molecule has 1 saturated heterocycles. The zero-order valence-electron chi connectivity index (χ0n) is 8.25. The molecule has 1 aliphatic rings. The lowest BCUT2D eigenvalue weighted by atomic mass is 9.96. The molecule has 0 atom stereocenters. The largest absolute Gasteiger partial charge is 0.386 e. The summed E-state index contributed by atoms with van der Waals surface area (Å²) in [6.07, 6.45) is 2.73. The Kier molecular flexibility index (Phi) is 2.08. The predicted molar refractivity (Wildman–Crippen MR) is 53.7 cm³/mol. The van der Waals surface area contributed by atoms with Crippen molar-refractivity contribution in [2.75, 3.05) is 18.0 Å². The van der Waals surface area contributed by atoms with Gasteiger partial charge in [-0.05, 0) is 13.0 Å². The second kappa shape index (κ2) is 3.16. The van der Waals surface area contributed by atoms with Crippen LogP contribution >= 0.6 is 0 Å². The highest BCUT2D eigenvalue weighted by molar-refractivity contribution is 5.63. The average Bonchev–Trinajstić information content (AvgIpc) is 2.14. The van der Waals surface area contributed by atoms with Gasteiger partial charge in [-0.1, -0.05) is 0 Å². The fourth-order valence-electron chi connectivity index (χ4n) is 1.73. The average molecular weight is 209 g/mol. The summed E-state index contributed by atoms with van der Waals surface area (Å²) in [5.41, 5.74) is -0.244. The minimum Gasteiger partial charge on any atom is -0.386 e. The quantitative estimate of drug-likeness (QED) is 0.568. The minimum atomic E-state index is -0.739. The van der Waals surface area contributed by atoms with E-state index in [-0.39, 0.29) is 5.69 Å². The van der Waals surface area contributed by atoms with Crippen LogP contribution in [0.5, 0.6) is 0 Å². The Morgan fingerprint density at radius 2 is 2.33 bits per heavy atom. The lowest BCUT2D eigenvalue weighted by Crippen LogP contribution is -2.60. The van der Waals surface area contributed by atoms with E-state index < -0.39 is 10.5 Å². The van der Waals surface area contributed by atoms with Crippen LogP contribution in [0, 0.1) is 10.1 Å². The molecule has 80 valence electrons. The van der Waals surface area contributed by atoms with Gasteiger partial charge in [-0.2, -0.15) is 0 Å². The molecule has 1 aliphatic heterocycles. The Labute approximate surface area is 86.3 Å². The van der Waals surface area contributed by atoms with Gasteiger partial charge in [0, 0.05) is 19.3 Å². The number of pyridine rings is 1. The number of rotatable bonds is 2. The molecule has 1 aromatic rings. The topological polar surface area (TPSA) is 79.5 Å². The molecule has 0 spiro atoms. The van der Waals surface area contributed by atoms with Crippen LogP contribution in [-0.2, 0) is 0 Å². The molecular formula is C9H11N3O3. The molecular weight excluding hydrogens is 198 g/mol. The van der Waals surface area contributed by atoms with Crippen molar-refractivity contribution in [1.29, 1.82) is 0 Å². The lowest BCUT2D eigenvalue weighted by Gasteiger charge is -2.45. The minimum absolute atomic E-state index is 0.0204. The van der Waals surface area contributed by atoms with Crippen LogP contribution in [-0.4, -0.2) is 33.7 Å². The molecule has 0 saturated carbocycles. The second-order valence-electron chi connectivity index (χ2n) is 3.97. The van der Waals surface area contributed by atoms with Crippen molar-refractivity contribution < 1.29 is 10.0 Å². The third-order valence-electron chi connectivity index (χ3n) is 2.38. The first-order chi connectivity index (χ1) is 6.99. The molecule has 2 heterocycles. The molecule has 0 aliphatic carbocycles. The van der Waals surface area contributed by atoms with Gasteiger partial charge in [0.05, 0.1) is 10.5 Å². The van der Waals surface area contributed by atoms with Crippen LogP contribution < -0.4 is 4.90 Å². The molecule has 1 N–H and O–H groups in total. The van der Waals surface area contributed by atoms with E-state index in [1.54, 1.807) is 17.9 Å². The van der Waals surface area contributed by atoms with Crippen molar-refractivity contribution in [3.63, 3.8) is 0 Å². The van der Waals surface area contributed by atoms with E-state index in [4.69, 9.17) is 0 Å². The van der Waals surface area contributed by atoms with E-state index in [1.165, 1.54) is 12.4 Å². The third kappa shape index (κ3) is 1.75. The summed E-state index contributed by atoms with van der Waals surface area (Å²) >= 11 is 0. The maximum atomic E-state index is 10.7. The van der Waals surface area contributed by atoms with Crippen molar-refractivity contribution in [2.45, 2.75) is 12.5 Å². The van der Waals surface area contributed by atoms with Crippen LogP contribution in [0.25, 0.3) is 0 Å². The molecule has 6 nitrogen and oxygen atoms in total. The highest BCUT2D eigenvalue weighted by Crippen LogP contribution is 2.33. The summed E-state index contributed by atoms with van der Waals surface area (Å²) in [6, 6.07) is 1.59. The van der Waals surface area contributed by atoms with Crippen molar-refractivity contribution in [3.05, 3.63) is 28.6 Å². The number of nitro groups is 1. The summed E-state index contributed by atoms with van der Waals surface area (Å²) in [4.78, 5) is 15.7. The molecule has 0 aromatic carbocycles. The van der Waals surface area contributed by atoms with E-state index in [9.17, 15) is 15.2 Å². The monoisotopic (exact) mass is 209 g/mol. The molecule has 0 amide bonds. The summed E-state index contributed by atoms with van der Waals surface area (Å²) in [5.74, 6) is 0. The molecule has 0 unspecified atom stereocenters. The molecule has 6 heteroatoms. The predicted octanol–water partition coefficient (Wildman–Crippen LogP) is 0.561. The number of aliphatic hydroxyl groups is 1. The van der Waals surface area contributed by atoms with Crippen molar-refractivity contribution in [1.82, 2.24) is 4.98 Å². The van der Waals surface area contributed by atoms with Gasteiger partial charge >= 0.3 is 5.69 Å². The van der Waals surface area contributed by atoms with Crippen LogP contribution in [0.1, 0.15) is 6.92 Å². The van der Waals surface area contributed by atoms with E-state index in [2.05, 4.69) is 4.98 Å². The second-order valence-corrected chi connectivity index (χ2v) is 3.97. The Morgan fingerprint density at radius 3 is 2.87 bits per heavy atom. The zero-order valence-corrected chi connectivity index (χ0v) is 8.25. The molecule has 1 aromatic heterocycles. The fourth-order valence-corrected chi connectivity index (χ4v) is 1.73. The highest BCUT2D eigenvalue weighted by atomic mass is 16.6. The van der Waals surface area contributed by atoms with Crippen LogP contribution in [0.4, 0.5) is 11.4 Å². The first-order valence-corrected chi connectivity index (χ1v) is 4.55. The van der Waals surface area contributed by atoms with Crippen molar-refractivity contribution in [3.8, 4) is 0 Å². The standard InChI is InChI=1S/C9H11N3O3/c1-9(13)5-11(6-9)7-2-3-10-4-8(7)12(14)15/h2-4,13H,5-6H2,1H3. The van der Waals surface area contributed by atoms with E-state index in [1.807, 2.05) is 0 Å². The van der Waals surface area contributed by atoms with Crippen molar-refractivity contribution in [2.24, 2.45) is 0 Å². The Bertz CT molecular complexity index is 397. The Morgan fingerprint density at radius 1 is 1.67 bits per heavy atom. The van der Waals surface area contributed by atoms with Gasteiger partial charge in [0.15, 0.2) is 0 Å². The van der Waals surface area contributed by atoms with Crippen LogP contribution in [0.2, 0.25) is 0 Å². The summed E-state index contributed by atoms with van der Waals surface area (Å²) in [5, 5.41) is 20.3. The summed E-state index contributed by atoms with van der Waals surface area (Å²) < 4.78 is 0. The number of aromatic nitrogens is 1. The van der Waals surface area contributed by atoms with Crippen LogP contribution in [0.15, 0.2) is 18.5 Å². The normalized spacial score (nSPS) is 18.4. The number of hydrogen-bond acceptors (Lipinski definition) is 5. The zero-order chi connectivity index (χ0) is 11.1. The van der Waals surface area contributed by atoms with E-state index in [0.29, 0.717) is 18.8 Å². The molecule has 2 rings (SSSR count). The molecule has 1 fully saturated rings. The maximum Gasteiger partial charge on any atom is 0.310 e. The fraction of sp³-hybridized carbons (Fsp3) is 0.444. The van der Waals surface area contributed by atoms with E-state index in [0.717, 1.165) is 0 Å². The molecule has 15 heavy (non-hydrogen) atoms. The lowest BCUT2D eigenvalue weighted by molar-refractivity contribution is -0.384. The number of hydrogen-bond donors (Lipinski definition) is 1. The number of nitrogens with zero attached hydrogens (tertiary/aromatic N) is 3. The van der Waals surface area contributed by atoms with Gasteiger partial charge in [0.25, 0.3) is 0 Å². The molecule has 0 bridgehead atoms. The first kappa shape index (κ1) is 9.85. The van der Waals surface area contributed by atoms with E-state index >= 15 is 0 Å². The van der Waals surface area contributed by atoms with Gasteiger partial charge in [-0.3, -0.25) is 15.1 Å².